The van der Waals surface area contributed by atoms with Crippen LogP contribution in [0.2, 0.25) is 5.02 Å². The average Bonchev–Trinajstić information content (AvgIpc) is 2.37. The lowest BCUT2D eigenvalue weighted by Gasteiger charge is -2.12. The molecule has 0 amide bonds. The van der Waals surface area contributed by atoms with E-state index in [1.165, 1.54) is 0 Å². The van der Waals surface area contributed by atoms with Gasteiger partial charge in [-0.3, -0.25) is 4.98 Å². The highest BCUT2D eigenvalue weighted by Crippen LogP contribution is 2.25. The maximum atomic E-state index is 9.68. The maximum absolute atomic E-state index is 9.68. The van der Waals surface area contributed by atoms with E-state index in [-0.39, 0.29) is 0 Å². The third-order valence-electron chi connectivity index (χ3n) is 2.49. The molecule has 2 N–H and O–H groups in total. The molecule has 5 heteroatoms. The minimum Gasteiger partial charge on any atom is -0.385 e. The molecule has 0 aliphatic carbocycles. The molecule has 0 saturated carbocycles. The van der Waals surface area contributed by atoms with Crippen molar-refractivity contribution in [2.75, 3.05) is 0 Å². The van der Waals surface area contributed by atoms with E-state index in [9.17, 15) is 10.2 Å². The second-order valence-corrected chi connectivity index (χ2v) is 4.00. The molecule has 0 spiro atoms. The molecule has 0 bridgehead atoms. The predicted octanol–water partition coefficient (Wildman–Crippen LogP) is 1.81. The van der Waals surface area contributed by atoms with Gasteiger partial charge >= 0.3 is 0 Å². The summed E-state index contributed by atoms with van der Waals surface area (Å²) in [6, 6.07) is 8.17. The summed E-state index contributed by atoms with van der Waals surface area (Å²) in [6.45, 7) is 0. The van der Waals surface area contributed by atoms with E-state index in [0.29, 0.717) is 16.1 Å². The molecule has 1 aromatic heterocycles. The summed E-state index contributed by atoms with van der Waals surface area (Å²) in [5.74, 6) is 0. The van der Waals surface area contributed by atoms with Gasteiger partial charge in [0, 0.05) is 11.6 Å². The van der Waals surface area contributed by atoms with Crippen LogP contribution in [0.5, 0.6) is 0 Å². The SMILES string of the molecule is N#CC(O)C(O)c1ccc2c(Cl)ccnc2c1. The minimum absolute atomic E-state index is 0.432. The van der Waals surface area contributed by atoms with Crippen molar-refractivity contribution in [3.8, 4) is 6.07 Å². The molecule has 4 nitrogen and oxygen atoms in total. The normalized spacial score (nSPS) is 14.2. The quantitative estimate of drug-likeness (QED) is 0.795. The van der Waals surface area contributed by atoms with Crippen LogP contribution >= 0.6 is 11.6 Å². The maximum Gasteiger partial charge on any atom is 0.170 e. The standard InChI is InChI=1S/C12H9ClN2O2/c13-9-3-4-15-10-5-7(1-2-8(9)10)12(17)11(16)6-14/h1-5,11-12,16-17H. The first-order valence-electron chi connectivity index (χ1n) is 4.93. The summed E-state index contributed by atoms with van der Waals surface area (Å²) in [5.41, 5.74) is 1.04. The molecular weight excluding hydrogens is 240 g/mol. The molecule has 17 heavy (non-hydrogen) atoms. The van der Waals surface area contributed by atoms with Crippen molar-refractivity contribution < 1.29 is 10.2 Å². The Labute approximate surface area is 103 Å². The molecule has 0 aliphatic rings. The Bertz CT molecular complexity index is 595. The molecule has 2 atom stereocenters. The second kappa shape index (κ2) is 4.68. The number of pyridine rings is 1. The summed E-state index contributed by atoms with van der Waals surface area (Å²) in [5, 5.41) is 28.8. The molecule has 1 heterocycles. The molecule has 0 fully saturated rings. The van der Waals surface area contributed by atoms with Crippen LogP contribution in [0.4, 0.5) is 0 Å². The van der Waals surface area contributed by atoms with E-state index in [0.717, 1.165) is 5.39 Å². The first-order valence-corrected chi connectivity index (χ1v) is 5.31. The van der Waals surface area contributed by atoms with E-state index in [1.54, 1.807) is 36.5 Å². The van der Waals surface area contributed by atoms with Crippen molar-refractivity contribution in [2.45, 2.75) is 12.2 Å². The van der Waals surface area contributed by atoms with Gasteiger partial charge in [0.1, 0.15) is 6.10 Å². The van der Waals surface area contributed by atoms with Crippen LogP contribution in [0.3, 0.4) is 0 Å². The van der Waals surface area contributed by atoms with Crippen LogP contribution in [0, 0.1) is 11.3 Å². The number of hydrogen-bond donors (Lipinski definition) is 2. The average molecular weight is 249 g/mol. The summed E-state index contributed by atoms with van der Waals surface area (Å²) < 4.78 is 0. The van der Waals surface area contributed by atoms with E-state index in [1.807, 2.05) is 0 Å². The van der Waals surface area contributed by atoms with Crippen LogP contribution in [0.1, 0.15) is 11.7 Å². The van der Waals surface area contributed by atoms with E-state index in [2.05, 4.69) is 4.98 Å². The zero-order valence-corrected chi connectivity index (χ0v) is 9.46. The lowest BCUT2D eigenvalue weighted by molar-refractivity contribution is 0.0529. The molecular formula is C12H9ClN2O2. The Balaban J connectivity index is 2.49. The van der Waals surface area contributed by atoms with Crippen molar-refractivity contribution in [3.63, 3.8) is 0 Å². The van der Waals surface area contributed by atoms with Crippen LogP contribution in [-0.4, -0.2) is 21.3 Å². The van der Waals surface area contributed by atoms with Crippen LogP contribution < -0.4 is 0 Å². The number of aromatic nitrogens is 1. The second-order valence-electron chi connectivity index (χ2n) is 3.59. The van der Waals surface area contributed by atoms with E-state index >= 15 is 0 Å². The largest absolute Gasteiger partial charge is 0.385 e. The Morgan fingerprint density at radius 3 is 2.76 bits per heavy atom. The number of fused-ring (bicyclic) bond motifs is 1. The Kier molecular flexibility index (Phi) is 3.25. The number of aliphatic hydroxyl groups is 2. The number of hydrogen-bond acceptors (Lipinski definition) is 4. The zero-order chi connectivity index (χ0) is 12.4. The van der Waals surface area contributed by atoms with Gasteiger partial charge in [-0.15, -0.1) is 0 Å². The van der Waals surface area contributed by atoms with Crippen molar-refractivity contribution in [2.24, 2.45) is 0 Å². The molecule has 2 rings (SSSR count). The lowest BCUT2D eigenvalue weighted by atomic mass is 10.0. The molecule has 1 aromatic carbocycles. The van der Waals surface area contributed by atoms with Crippen LogP contribution in [-0.2, 0) is 0 Å². The third-order valence-corrected chi connectivity index (χ3v) is 2.82. The van der Waals surface area contributed by atoms with Crippen molar-refractivity contribution in [1.29, 1.82) is 5.26 Å². The molecule has 0 aliphatic heterocycles. The number of nitriles is 1. The first kappa shape index (κ1) is 11.8. The highest BCUT2D eigenvalue weighted by molar-refractivity contribution is 6.35. The number of aliphatic hydroxyl groups excluding tert-OH is 2. The van der Waals surface area contributed by atoms with Gasteiger partial charge in [0.2, 0.25) is 0 Å². The summed E-state index contributed by atoms with van der Waals surface area (Å²) in [6.07, 6.45) is -1.14. The van der Waals surface area contributed by atoms with Gasteiger partial charge in [0.25, 0.3) is 0 Å². The Hall–Kier alpha value is -1.67. The van der Waals surface area contributed by atoms with E-state index in [4.69, 9.17) is 16.9 Å². The number of rotatable bonds is 2. The van der Waals surface area contributed by atoms with Gasteiger partial charge in [-0.05, 0) is 17.7 Å². The highest BCUT2D eigenvalue weighted by atomic mass is 35.5. The van der Waals surface area contributed by atoms with Gasteiger partial charge in [-0.1, -0.05) is 23.7 Å². The third kappa shape index (κ3) is 2.22. The predicted molar refractivity (Wildman–Crippen MR) is 63.3 cm³/mol. The first-order chi connectivity index (χ1) is 8.13. The van der Waals surface area contributed by atoms with Gasteiger partial charge in [-0.2, -0.15) is 5.26 Å². The summed E-state index contributed by atoms with van der Waals surface area (Å²) >= 11 is 5.97. The number of nitrogens with zero attached hydrogens (tertiary/aromatic N) is 2. The molecule has 0 radical (unpaired) electrons. The summed E-state index contributed by atoms with van der Waals surface area (Å²) in [7, 11) is 0. The van der Waals surface area contributed by atoms with Gasteiger partial charge in [0.15, 0.2) is 6.10 Å². The fourth-order valence-electron chi connectivity index (χ4n) is 1.57. The number of halogens is 1. The highest BCUT2D eigenvalue weighted by Gasteiger charge is 2.18. The topological polar surface area (TPSA) is 77.1 Å². The zero-order valence-electron chi connectivity index (χ0n) is 8.71. The van der Waals surface area contributed by atoms with Gasteiger partial charge in [0.05, 0.1) is 16.6 Å². The molecule has 2 unspecified atom stereocenters. The van der Waals surface area contributed by atoms with Crippen LogP contribution in [0.25, 0.3) is 10.9 Å². The lowest BCUT2D eigenvalue weighted by Crippen LogP contribution is -2.15. The fraction of sp³-hybridized carbons (Fsp3) is 0.167. The van der Waals surface area contributed by atoms with E-state index < -0.39 is 12.2 Å². The molecule has 86 valence electrons. The molecule has 0 saturated heterocycles. The minimum atomic E-state index is -1.45. The van der Waals surface area contributed by atoms with Crippen molar-refractivity contribution in [1.82, 2.24) is 4.98 Å². The Morgan fingerprint density at radius 2 is 2.06 bits per heavy atom. The smallest absolute Gasteiger partial charge is 0.170 e. The van der Waals surface area contributed by atoms with Gasteiger partial charge in [-0.25, -0.2) is 0 Å². The summed E-state index contributed by atoms with van der Waals surface area (Å²) in [4.78, 5) is 4.11. The number of benzene rings is 1. The molecule has 2 aromatic rings. The van der Waals surface area contributed by atoms with Crippen molar-refractivity contribution >= 4 is 22.5 Å². The monoisotopic (exact) mass is 248 g/mol. The van der Waals surface area contributed by atoms with Crippen molar-refractivity contribution in [3.05, 3.63) is 41.0 Å². The van der Waals surface area contributed by atoms with Crippen LogP contribution in [0.15, 0.2) is 30.5 Å². The van der Waals surface area contributed by atoms with Gasteiger partial charge < -0.3 is 10.2 Å². The Morgan fingerprint density at radius 1 is 1.29 bits per heavy atom. The fourth-order valence-corrected chi connectivity index (χ4v) is 1.78.